The van der Waals surface area contributed by atoms with Gasteiger partial charge in [-0.2, -0.15) is 16.4 Å². The molecule has 1 unspecified atom stereocenters. The molecule has 0 fully saturated rings. The molecule has 128 valence electrons. The van der Waals surface area contributed by atoms with Gasteiger partial charge in [0.2, 0.25) is 5.91 Å². The lowest BCUT2D eigenvalue weighted by atomic mass is 9.96. The molecule has 3 heterocycles. The van der Waals surface area contributed by atoms with Gasteiger partial charge in [-0.3, -0.25) is 9.59 Å². The monoisotopic (exact) mass is 355 g/mol. The summed E-state index contributed by atoms with van der Waals surface area (Å²) in [5.74, 6) is 0.404. The lowest BCUT2D eigenvalue weighted by molar-refractivity contribution is -0.121. The predicted octanol–water partition coefficient (Wildman–Crippen LogP) is 2.62. The summed E-state index contributed by atoms with van der Waals surface area (Å²) in [5, 5.41) is 11.0. The van der Waals surface area contributed by atoms with Crippen molar-refractivity contribution >= 4 is 28.9 Å². The predicted molar refractivity (Wildman–Crippen MR) is 95.6 cm³/mol. The summed E-state index contributed by atoms with van der Waals surface area (Å²) < 4.78 is 5.73. The number of benzene rings is 1. The molecule has 2 aromatic rings. The fourth-order valence-corrected chi connectivity index (χ4v) is 3.70. The number of nitrogens with one attached hydrogen (secondary N) is 2. The van der Waals surface area contributed by atoms with E-state index < -0.39 is 0 Å². The number of hydrazone groups is 1. The Balaban J connectivity index is 1.57. The van der Waals surface area contributed by atoms with Crippen molar-refractivity contribution in [1.82, 2.24) is 10.7 Å². The largest absolute Gasteiger partial charge is 0.493 e. The van der Waals surface area contributed by atoms with Crippen LogP contribution in [0.25, 0.3) is 11.1 Å². The Morgan fingerprint density at radius 3 is 2.96 bits per heavy atom. The van der Waals surface area contributed by atoms with Crippen LogP contribution >= 0.6 is 11.3 Å². The zero-order chi connectivity index (χ0) is 17.2. The minimum Gasteiger partial charge on any atom is -0.493 e. The van der Waals surface area contributed by atoms with Crippen molar-refractivity contribution in [2.75, 3.05) is 6.61 Å². The highest BCUT2D eigenvalue weighted by Gasteiger charge is 2.26. The topological polar surface area (TPSA) is 79.8 Å². The van der Waals surface area contributed by atoms with E-state index in [0.29, 0.717) is 31.6 Å². The summed E-state index contributed by atoms with van der Waals surface area (Å²) in [7, 11) is 0. The Morgan fingerprint density at radius 2 is 2.20 bits per heavy atom. The standard InChI is InChI=1S/C18H17N3O3S/c22-17-4-2-15(20-21-17)18(23)19-14-5-7-24-16-3-1-11(9-13(14)16)12-6-8-25-10-12/h1,3,6,8-10,14H,2,4-5,7H2,(H,19,23)(H,21,22). The first-order chi connectivity index (χ1) is 12.2. The van der Waals surface area contributed by atoms with Crippen molar-refractivity contribution in [1.29, 1.82) is 0 Å². The molecule has 1 aromatic heterocycles. The second-order valence-corrected chi connectivity index (χ2v) is 6.80. The van der Waals surface area contributed by atoms with Gasteiger partial charge in [0.25, 0.3) is 5.91 Å². The van der Waals surface area contributed by atoms with E-state index in [1.807, 2.05) is 17.5 Å². The van der Waals surface area contributed by atoms with Gasteiger partial charge in [-0.15, -0.1) is 0 Å². The van der Waals surface area contributed by atoms with Gasteiger partial charge in [-0.25, -0.2) is 5.43 Å². The van der Waals surface area contributed by atoms with Gasteiger partial charge >= 0.3 is 0 Å². The van der Waals surface area contributed by atoms with Crippen LogP contribution in [0.1, 0.15) is 30.9 Å². The lowest BCUT2D eigenvalue weighted by Crippen LogP contribution is -2.40. The minimum absolute atomic E-state index is 0.129. The molecule has 2 aliphatic rings. The number of rotatable bonds is 3. The molecule has 2 aliphatic heterocycles. The first kappa shape index (κ1) is 15.8. The van der Waals surface area contributed by atoms with Crippen LogP contribution in [0.4, 0.5) is 0 Å². The summed E-state index contributed by atoms with van der Waals surface area (Å²) in [6.07, 6.45) is 1.35. The van der Waals surface area contributed by atoms with Crippen LogP contribution in [0.2, 0.25) is 0 Å². The molecule has 0 saturated carbocycles. The van der Waals surface area contributed by atoms with E-state index in [9.17, 15) is 9.59 Å². The fourth-order valence-electron chi connectivity index (χ4n) is 3.03. The van der Waals surface area contributed by atoms with Gasteiger partial charge in [0.15, 0.2) is 0 Å². The van der Waals surface area contributed by atoms with Gasteiger partial charge in [-0.1, -0.05) is 6.07 Å². The molecular weight excluding hydrogens is 338 g/mol. The number of nitrogens with zero attached hydrogens (tertiary/aromatic N) is 1. The van der Waals surface area contributed by atoms with E-state index in [4.69, 9.17) is 4.74 Å². The van der Waals surface area contributed by atoms with E-state index in [-0.39, 0.29) is 17.9 Å². The second-order valence-electron chi connectivity index (χ2n) is 6.02. The molecule has 7 heteroatoms. The van der Waals surface area contributed by atoms with E-state index in [1.165, 1.54) is 0 Å². The van der Waals surface area contributed by atoms with E-state index in [2.05, 4.69) is 33.4 Å². The maximum absolute atomic E-state index is 12.5. The van der Waals surface area contributed by atoms with Gasteiger partial charge in [0, 0.05) is 24.8 Å². The lowest BCUT2D eigenvalue weighted by Gasteiger charge is -2.27. The highest BCUT2D eigenvalue weighted by Crippen LogP contribution is 2.36. The van der Waals surface area contributed by atoms with Crippen LogP contribution in [0.5, 0.6) is 5.75 Å². The van der Waals surface area contributed by atoms with Crippen LogP contribution in [0.3, 0.4) is 0 Å². The first-order valence-electron chi connectivity index (χ1n) is 8.16. The summed E-state index contributed by atoms with van der Waals surface area (Å²) in [4.78, 5) is 23.6. The van der Waals surface area contributed by atoms with Crippen molar-refractivity contribution in [3.63, 3.8) is 0 Å². The number of hydrogen-bond acceptors (Lipinski definition) is 5. The molecule has 0 aliphatic carbocycles. The van der Waals surface area contributed by atoms with E-state index in [1.54, 1.807) is 11.3 Å². The van der Waals surface area contributed by atoms with Crippen LogP contribution < -0.4 is 15.5 Å². The first-order valence-corrected chi connectivity index (χ1v) is 9.10. The summed E-state index contributed by atoms with van der Waals surface area (Å²) >= 11 is 1.65. The molecule has 0 bridgehead atoms. The van der Waals surface area contributed by atoms with Crippen molar-refractivity contribution < 1.29 is 14.3 Å². The summed E-state index contributed by atoms with van der Waals surface area (Å²) in [5.41, 5.74) is 5.96. The Labute approximate surface area is 148 Å². The summed E-state index contributed by atoms with van der Waals surface area (Å²) in [6, 6.07) is 8.01. The van der Waals surface area contributed by atoms with E-state index >= 15 is 0 Å². The Bertz CT molecular complexity index is 845. The normalized spacial score (nSPS) is 19.3. The maximum atomic E-state index is 12.5. The molecule has 6 nitrogen and oxygen atoms in total. The molecule has 2 N–H and O–H groups in total. The number of amides is 2. The second kappa shape index (κ2) is 6.68. The highest BCUT2D eigenvalue weighted by molar-refractivity contribution is 7.08. The fraction of sp³-hybridized carbons (Fsp3) is 0.278. The number of carbonyl (C=O) groups excluding carboxylic acids is 2. The molecule has 0 saturated heterocycles. The van der Waals surface area contributed by atoms with Crippen molar-refractivity contribution in [2.45, 2.75) is 25.3 Å². The number of ether oxygens (including phenoxy) is 1. The molecule has 4 rings (SSSR count). The van der Waals surface area contributed by atoms with Crippen molar-refractivity contribution in [2.24, 2.45) is 5.10 Å². The molecule has 1 atom stereocenters. The van der Waals surface area contributed by atoms with Gasteiger partial charge in [0.05, 0.1) is 12.6 Å². The number of hydrogen-bond donors (Lipinski definition) is 2. The molecule has 2 amide bonds. The molecule has 0 radical (unpaired) electrons. The SMILES string of the molecule is O=C1CCC(C(=O)NC2CCOc3ccc(-c4ccsc4)cc32)=NN1. The summed E-state index contributed by atoms with van der Waals surface area (Å²) in [6.45, 7) is 0.555. The number of thiophene rings is 1. The molecular formula is C18H17N3O3S. The van der Waals surface area contributed by atoms with Crippen LogP contribution in [-0.2, 0) is 9.59 Å². The average Bonchev–Trinajstić information content (AvgIpc) is 3.17. The minimum atomic E-state index is -0.237. The third kappa shape index (κ3) is 3.28. The van der Waals surface area contributed by atoms with Crippen LogP contribution in [0.15, 0.2) is 40.1 Å². The van der Waals surface area contributed by atoms with Gasteiger partial charge in [-0.05, 0) is 40.1 Å². The Morgan fingerprint density at radius 1 is 1.28 bits per heavy atom. The maximum Gasteiger partial charge on any atom is 0.267 e. The van der Waals surface area contributed by atoms with Crippen molar-refractivity contribution in [3.8, 4) is 16.9 Å². The van der Waals surface area contributed by atoms with Gasteiger partial charge < -0.3 is 10.1 Å². The van der Waals surface area contributed by atoms with Crippen LogP contribution in [0, 0.1) is 0 Å². The van der Waals surface area contributed by atoms with Crippen LogP contribution in [-0.4, -0.2) is 24.1 Å². The average molecular weight is 355 g/mol. The zero-order valence-corrected chi connectivity index (χ0v) is 14.3. The van der Waals surface area contributed by atoms with E-state index in [0.717, 1.165) is 22.4 Å². The van der Waals surface area contributed by atoms with Gasteiger partial charge in [0.1, 0.15) is 11.5 Å². The number of fused-ring (bicyclic) bond motifs is 1. The Kier molecular flexibility index (Phi) is 4.23. The Hall–Kier alpha value is -2.67. The molecule has 25 heavy (non-hydrogen) atoms. The third-order valence-electron chi connectivity index (χ3n) is 4.38. The molecule has 0 spiro atoms. The van der Waals surface area contributed by atoms with Crippen molar-refractivity contribution in [3.05, 3.63) is 40.6 Å². The third-order valence-corrected chi connectivity index (χ3v) is 5.06. The number of carbonyl (C=O) groups is 2. The zero-order valence-electron chi connectivity index (χ0n) is 13.5. The smallest absolute Gasteiger partial charge is 0.267 e. The quantitative estimate of drug-likeness (QED) is 0.888. The molecule has 1 aromatic carbocycles. The highest BCUT2D eigenvalue weighted by atomic mass is 32.1.